The van der Waals surface area contributed by atoms with Crippen LogP contribution in [0.3, 0.4) is 0 Å². The van der Waals surface area contributed by atoms with Gasteiger partial charge in [-0.05, 0) is 61.7 Å². The second-order valence-electron chi connectivity index (χ2n) is 7.55. The number of hydrogen-bond acceptors (Lipinski definition) is 4. The third-order valence-corrected chi connectivity index (χ3v) is 4.45. The van der Waals surface area contributed by atoms with Crippen LogP contribution in [0.5, 0.6) is 11.5 Å². The van der Waals surface area contributed by atoms with Gasteiger partial charge in [-0.3, -0.25) is 9.59 Å². The first-order valence-electron chi connectivity index (χ1n) is 10.1. The topological polar surface area (TPSA) is 76.7 Å². The highest BCUT2D eigenvalue weighted by molar-refractivity contribution is 6.01. The molecule has 0 saturated carbocycles. The van der Waals surface area contributed by atoms with Gasteiger partial charge in [0.05, 0.1) is 12.3 Å². The Morgan fingerprint density at radius 3 is 2.25 bits per heavy atom. The van der Waals surface area contributed by atoms with Crippen molar-refractivity contribution in [2.45, 2.75) is 39.9 Å². The van der Waals surface area contributed by atoms with E-state index in [1.807, 2.05) is 6.92 Å². The lowest BCUT2D eigenvalue weighted by Crippen LogP contribution is -2.47. The van der Waals surface area contributed by atoms with E-state index in [4.69, 9.17) is 9.47 Å². The van der Waals surface area contributed by atoms with Gasteiger partial charge in [0.25, 0.3) is 5.91 Å². The number of nitrogens with one attached hydrogen (secondary N) is 2. The van der Waals surface area contributed by atoms with E-state index >= 15 is 0 Å². The maximum absolute atomic E-state index is 12.9. The van der Waals surface area contributed by atoms with Crippen LogP contribution in [0.25, 0.3) is 0 Å². The average Bonchev–Trinajstić information content (AvgIpc) is 2.71. The Bertz CT molecular complexity index is 928. The molecule has 2 N–H and O–H groups in total. The number of hydrogen-bond donors (Lipinski definition) is 2. The van der Waals surface area contributed by atoms with Gasteiger partial charge in [-0.1, -0.05) is 19.9 Å². The van der Waals surface area contributed by atoms with E-state index in [0.29, 0.717) is 23.5 Å². The molecule has 9 heteroatoms. The van der Waals surface area contributed by atoms with Crippen molar-refractivity contribution in [3.63, 3.8) is 0 Å². The fourth-order valence-electron chi connectivity index (χ4n) is 2.85. The van der Waals surface area contributed by atoms with E-state index in [0.717, 1.165) is 0 Å². The van der Waals surface area contributed by atoms with Crippen molar-refractivity contribution in [2.75, 3.05) is 18.5 Å². The zero-order valence-corrected chi connectivity index (χ0v) is 18.4. The van der Waals surface area contributed by atoms with Crippen LogP contribution in [-0.4, -0.2) is 37.2 Å². The molecule has 1 atom stereocenters. The van der Waals surface area contributed by atoms with Crippen molar-refractivity contribution in [3.8, 4) is 11.5 Å². The molecule has 0 bridgehead atoms. The fraction of sp³-hybridized carbons (Fsp3) is 0.391. The highest BCUT2D eigenvalue weighted by Crippen LogP contribution is 2.28. The Labute approximate surface area is 185 Å². The molecular formula is C23H27F3N2O4. The van der Waals surface area contributed by atoms with Gasteiger partial charge in [0.15, 0.2) is 6.61 Å². The molecule has 0 aliphatic heterocycles. The van der Waals surface area contributed by atoms with E-state index < -0.39 is 30.6 Å². The molecule has 2 rings (SSSR count). The summed E-state index contributed by atoms with van der Waals surface area (Å²) in [5, 5.41) is 5.25. The highest BCUT2D eigenvalue weighted by Gasteiger charge is 2.30. The molecule has 174 valence electrons. The number of rotatable bonds is 9. The van der Waals surface area contributed by atoms with Gasteiger partial charge in [-0.25, -0.2) is 0 Å². The van der Waals surface area contributed by atoms with Gasteiger partial charge in [-0.2, -0.15) is 13.2 Å². The van der Waals surface area contributed by atoms with Gasteiger partial charge in [-0.15, -0.1) is 0 Å². The largest absolute Gasteiger partial charge is 0.494 e. The minimum Gasteiger partial charge on any atom is -0.494 e. The zero-order valence-electron chi connectivity index (χ0n) is 18.4. The smallest absolute Gasteiger partial charge is 0.422 e. The van der Waals surface area contributed by atoms with Gasteiger partial charge in [0.1, 0.15) is 17.5 Å². The molecule has 0 saturated heterocycles. The maximum Gasteiger partial charge on any atom is 0.422 e. The first-order chi connectivity index (χ1) is 15.0. The summed E-state index contributed by atoms with van der Waals surface area (Å²) in [6.07, 6.45) is -4.52. The third kappa shape index (κ3) is 7.47. The number of benzene rings is 2. The first kappa shape index (κ1) is 25.0. The summed E-state index contributed by atoms with van der Waals surface area (Å²) in [6.45, 7) is 6.05. The molecule has 0 aliphatic carbocycles. The standard InChI is InChI=1S/C23H27F3N2O4/c1-5-31-17-9-7-16(8-10-17)21(29)28-20(14(2)3)22(30)27-18-11-6-15(4)12-19(18)32-13-23(24,25)26/h6-12,14,20H,5,13H2,1-4H3,(H,27,30)(H,28,29). The molecule has 0 radical (unpaired) electrons. The number of alkyl halides is 3. The van der Waals surface area contributed by atoms with Crippen molar-refractivity contribution in [1.82, 2.24) is 5.32 Å². The Hall–Kier alpha value is -3.23. The molecule has 32 heavy (non-hydrogen) atoms. The van der Waals surface area contributed by atoms with Crippen LogP contribution < -0.4 is 20.1 Å². The summed E-state index contributed by atoms with van der Waals surface area (Å²) >= 11 is 0. The number of carbonyl (C=O) groups is 2. The molecule has 2 aromatic carbocycles. The number of anilines is 1. The van der Waals surface area contributed by atoms with Crippen LogP contribution in [0.2, 0.25) is 0 Å². The summed E-state index contributed by atoms with van der Waals surface area (Å²) in [4.78, 5) is 25.5. The summed E-state index contributed by atoms with van der Waals surface area (Å²) < 4.78 is 47.9. The Balaban J connectivity index is 2.14. The SMILES string of the molecule is CCOc1ccc(C(=O)NC(C(=O)Nc2ccc(C)cc2OCC(F)(F)F)C(C)C)cc1. The van der Waals surface area contributed by atoms with Crippen molar-refractivity contribution in [1.29, 1.82) is 0 Å². The average molecular weight is 452 g/mol. The normalized spacial score (nSPS) is 12.2. The molecule has 1 unspecified atom stereocenters. The van der Waals surface area contributed by atoms with Crippen LogP contribution in [0.4, 0.5) is 18.9 Å². The van der Waals surface area contributed by atoms with E-state index in [9.17, 15) is 22.8 Å². The zero-order chi connectivity index (χ0) is 23.9. The fourth-order valence-corrected chi connectivity index (χ4v) is 2.85. The quantitative estimate of drug-likeness (QED) is 0.577. The number of aryl methyl sites for hydroxylation is 1. The van der Waals surface area contributed by atoms with E-state index in [1.54, 1.807) is 51.1 Å². The predicted molar refractivity (Wildman–Crippen MR) is 115 cm³/mol. The Kier molecular flexibility index (Phi) is 8.51. The minimum atomic E-state index is -4.52. The monoisotopic (exact) mass is 452 g/mol. The Morgan fingerprint density at radius 2 is 1.69 bits per heavy atom. The summed E-state index contributed by atoms with van der Waals surface area (Å²) in [5.74, 6) is -0.796. The van der Waals surface area contributed by atoms with Crippen molar-refractivity contribution in [3.05, 3.63) is 53.6 Å². The minimum absolute atomic E-state index is 0.0887. The lowest BCUT2D eigenvalue weighted by atomic mass is 10.0. The molecule has 0 heterocycles. The number of carbonyl (C=O) groups excluding carboxylic acids is 2. The molecule has 0 spiro atoms. The van der Waals surface area contributed by atoms with E-state index in [1.165, 1.54) is 12.1 Å². The lowest BCUT2D eigenvalue weighted by molar-refractivity contribution is -0.153. The first-order valence-corrected chi connectivity index (χ1v) is 10.1. The molecule has 6 nitrogen and oxygen atoms in total. The number of halogens is 3. The molecule has 0 aliphatic rings. The summed E-state index contributed by atoms with van der Waals surface area (Å²) in [6, 6.07) is 10.1. The summed E-state index contributed by atoms with van der Waals surface area (Å²) in [5.41, 5.74) is 1.10. The van der Waals surface area contributed by atoms with Gasteiger partial charge in [0, 0.05) is 5.56 Å². The van der Waals surface area contributed by atoms with Gasteiger partial charge in [0.2, 0.25) is 5.91 Å². The summed E-state index contributed by atoms with van der Waals surface area (Å²) in [7, 11) is 0. The molecule has 2 aromatic rings. The van der Waals surface area contributed by atoms with E-state index in [2.05, 4.69) is 10.6 Å². The van der Waals surface area contributed by atoms with Gasteiger partial charge >= 0.3 is 6.18 Å². The molecular weight excluding hydrogens is 425 g/mol. The lowest BCUT2D eigenvalue weighted by Gasteiger charge is -2.23. The van der Waals surface area contributed by atoms with Crippen molar-refractivity contribution < 1.29 is 32.2 Å². The van der Waals surface area contributed by atoms with Crippen molar-refractivity contribution >= 4 is 17.5 Å². The van der Waals surface area contributed by atoms with Crippen molar-refractivity contribution in [2.24, 2.45) is 5.92 Å². The van der Waals surface area contributed by atoms with Crippen LogP contribution in [0.1, 0.15) is 36.7 Å². The van der Waals surface area contributed by atoms with Crippen LogP contribution >= 0.6 is 0 Å². The number of ether oxygens (including phenoxy) is 2. The predicted octanol–water partition coefficient (Wildman–Crippen LogP) is 4.73. The third-order valence-electron chi connectivity index (χ3n) is 4.45. The maximum atomic E-state index is 12.9. The Morgan fingerprint density at radius 1 is 1.03 bits per heavy atom. The van der Waals surface area contributed by atoms with Gasteiger partial charge < -0.3 is 20.1 Å². The van der Waals surface area contributed by atoms with Crippen LogP contribution in [0, 0.1) is 12.8 Å². The second-order valence-corrected chi connectivity index (χ2v) is 7.55. The second kappa shape index (κ2) is 10.9. The van der Waals surface area contributed by atoms with Crippen LogP contribution in [-0.2, 0) is 4.79 Å². The van der Waals surface area contributed by atoms with E-state index in [-0.39, 0.29) is 17.4 Å². The highest BCUT2D eigenvalue weighted by atomic mass is 19.4. The number of amides is 2. The molecule has 2 amide bonds. The molecule has 0 aromatic heterocycles. The molecule has 0 fully saturated rings. The van der Waals surface area contributed by atoms with Crippen LogP contribution in [0.15, 0.2) is 42.5 Å².